The van der Waals surface area contributed by atoms with Gasteiger partial charge in [-0.1, -0.05) is 17.7 Å². The molecular formula is C19H19ClF2N4O2. The van der Waals surface area contributed by atoms with Crippen LogP contribution in [0.5, 0.6) is 5.75 Å². The summed E-state index contributed by atoms with van der Waals surface area (Å²) in [6.07, 6.45) is 0. The number of benzene rings is 2. The van der Waals surface area contributed by atoms with Gasteiger partial charge in [0.15, 0.2) is 17.6 Å². The number of nitrogens with zero attached hydrogens (tertiary/aromatic N) is 1. The van der Waals surface area contributed by atoms with E-state index in [1.807, 2.05) is 0 Å². The van der Waals surface area contributed by atoms with Crippen LogP contribution >= 0.6 is 11.6 Å². The van der Waals surface area contributed by atoms with Gasteiger partial charge >= 0.3 is 0 Å². The van der Waals surface area contributed by atoms with Crippen LogP contribution in [0.2, 0.25) is 5.02 Å². The predicted molar refractivity (Wildman–Crippen MR) is 103 cm³/mol. The Balaban J connectivity index is 1.67. The number of hydrogen-bond acceptors (Lipinski definition) is 5. The second-order valence-corrected chi connectivity index (χ2v) is 6.50. The van der Waals surface area contributed by atoms with Crippen molar-refractivity contribution >= 4 is 23.5 Å². The second-order valence-electron chi connectivity index (χ2n) is 6.09. The molecule has 6 nitrogen and oxygen atoms in total. The van der Waals surface area contributed by atoms with E-state index in [2.05, 4.69) is 20.9 Å². The van der Waals surface area contributed by atoms with Crippen molar-refractivity contribution in [2.24, 2.45) is 4.99 Å². The number of amides is 1. The number of carbonyl (C=O) groups is 1. The number of rotatable bonds is 6. The standard InChI is InChI=1S/C19H19ClF2N4O2/c1-28-16-3-2-11(6-14(16)20)9-25-18(27)12-7-13(17(22)15(21)8-12)10-26-19-23-4-5-24-19/h2-3,6-8H,4-5,9-10H2,1H3,(H,25,27)(H2,23,24,26). The molecule has 0 aromatic heterocycles. The molecule has 1 amide bonds. The van der Waals surface area contributed by atoms with Crippen LogP contribution in [-0.4, -0.2) is 32.1 Å². The molecule has 2 aromatic carbocycles. The van der Waals surface area contributed by atoms with Crippen molar-refractivity contribution in [2.45, 2.75) is 13.1 Å². The lowest BCUT2D eigenvalue weighted by Crippen LogP contribution is -2.33. The third-order valence-corrected chi connectivity index (χ3v) is 4.45. The minimum atomic E-state index is -1.08. The molecule has 1 heterocycles. The van der Waals surface area contributed by atoms with E-state index >= 15 is 0 Å². The molecule has 0 saturated carbocycles. The number of nitrogens with one attached hydrogen (secondary N) is 3. The number of guanidine groups is 1. The Kier molecular flexibility index (Phi) is 6.30. The van der Waals surface area contributed by atoms with Gasteiger partial charge in [0.1, 0.15) is 5.75 Å². The lowest BCUT2D eigenvalue weighted by atomic mass is 10.1. The van der Waals surface area contributed by atoms with E-state index < -0.39 is 17.5 Å². The molecule has 1 aliphatic rings. The molecule has 0 radical (unpaired) electrons. The van der Waals surface area contributed by atoms with Crippen molar-refractivity contribution < 1.29 is 18.3 Å². The Morgan fingerprint density at radius 1 is 1.29 bits per heavy atom. The Hall–Kier alpha value is -2.87. The van der Waals surface area contributed by atoms with Crippen LogP contribution in [0.3, 0.4) is 0 Å². The molecule has 1 aliphatic heterocycles. The average Bonchev–Trinajstić information content (AvgIpc) is 3.20. The fraction of sp³-hybridized carbons (Fsp3) is 0.263. The van der Waals surface area contributed by atoms with Crippen molar-refractivity contribution in [1.82, 2.24) is 16.0 Å². The zero-order chi connectivity index (χ0) is 20.1. The molecule has 0 atom stereocenters. The van der Waals surface area contributed by atoms with E-state index in [1.165, 1.54) is 13.2 Å². The summed E-state index contributed by atoms with van der Waals surface area (Å²) in [6.45, 7) is 1.49. The molecule has 28 heavy (non-hydrogen) atoms. The predicted octanol–water partition coefficient (Wildman–Crippen LogP) is 2.61. The summed E-state index contributed by atoms with van der Waals surface area (Å²) in [7, 11) is 1.51. The summed E-state index contributed by atoms with van der Waals surface area (Å²) in [5.74, 6) is -1.56. The van der Waals surface area contributed by atoms with Crippen LogP contribution in [0.1, 0.15) is 21.5 Å². The molecule has 0 spiro atoms. The molecule has 0 saturated heterocycles. The van der Waals surface area contributed by atoms with Crippen molar-refractivity contribution in [3.8, 4) is 5.75 Å². The number of methoxy groups -OCH3 is 1. The highest BCUT2D eigenvalue weighted by atomic mass is 35.5. The Morgan fingerprint density at radius 2 is 2.11 bits per heavy atom. The van der Waals surface area contributed by atoms with Gasteiger partial charge in [-0.25, -0.2) is 8.78 Å². The fourth-order valence-corrected chi connectivity index (χ4v) is 2.99. The minimum absolute atomic E-state index is 0.00376. The molecule has 2 aromatic rings. The van der Waals surface area contributed by atoms with E-state index in [-0.39, 0.29) is 24.2 Å². The molecule has 0 fully saturated rings. The van der Waals surface area contributed by atoms with E-state index in [4.69, 9.17) is 16.3 Å². The molecule has 0 unspecified atom stereocenters. The van der Waals surface area contributed by atoms with Gasteiger partial charge in [-0.05, 0) is 29.8 Å². The largest absolute Gasteiger partial charge is 0.495 e. The summed E-state index contributed by atoms with van der Waals surface area (Å²) >= 11 is 6.06. The number of halogens is 3. The maximum atomic E-state index is 14.1. The molecule has 3 rings (SSSR count). The van der Waals surface area contributed by atoms with Gasteiger partial charge in [0.05, 0.1) is 18.7 Å². The van der Waals surface area contributed by atoms with Crippen molar-refractivity contribution in [2.75, 3.05) is 20.2 Å². The summed E-state index contributed by atoms with van der Waals surface area (Å²) in [6, 6.07) is 7.29. The lowest BCUT2D eigenvalue weighted by molar-refractivity contribution is 0.0950. The molecule has 0 bridgehead atoms. The van der Waals surface area contributed by atoms with Crippen LogP contribution in [-0.2, 0) is 13.1 Å². The summed E-state index contributed by atoms with van der Waals surface area (Å²) < 4.78 is 33.1. The monoisotopic (exact) mass is 408 g/mol. The zero-order valence-electron chi connectivity index (χ0n) is 15.1. The highest BCUT2D eigenvalue weighted by Gasteiger charge is 2.16. The third kappa shape index (κ3) is 4.69. The Bertz CT molecular complexity index is 921. The molecular weight excluding hydrogens is 390 g/mol. The first-order valence-corrected chi connectivity index (χ1v) is 8.96. The number of carbonyl (C=O) groups excluding carboxylic acids is 1. The molecule has 9 heteroatoms. The molecule has 148 valence electrons. The normalized spacial score (nSPS) is 12.9. The van der Waals surface area contributed by atoms with Gasteiger partial charge in [0, 0.05) is 30.8 Å². The quantitative estimate of drug-likeness (QED) is 0.687. The number of aliphatic imine (C=N–C) groups is 1. The highest BCUT2D eigenvalue weighted by Crippen LogP contribution is 2.25. The van der Waals surface area contributed by atoms with Crippen LogP contribution in [0.25, 0.3) is 0 Å². The van der Waals surface area contributed by atoms with Crippen molar-refractivity contribution in [3.63, 3.8) is 0 Å². The molecule has 3 N–H and O–H groups in total. The number of hydrogen-bond donors (Lipinski definition) is 3. The van der Waals surface area contributed by atoms with Gasteiger partial charge in [-0.2, -0.15) is 0 Å². The Labute approximate surface area is 165 Å². The Morgan fingerprint density at radius 3 is 2.79 bits per heavy atom. The summed E-state index contributed by atoms with van der Waals surface area (Å²) in [5, 5.41) is 8.94. The van der Waals surface area contributed by atoms with Gasteiger partial charge in [0.25, 0.3) is 5.91 Å². The van der Waals surface area contributed by atoms with Crippen molar-refractivity contribution in [1.29, 1.82) is 0 Å². The smallest absolute Gasteiger partial charge is 0.251 e. The summed E-state index contributed by atoms with van der Waals surface area (Å²) in [4.78, 5) is 16.5. The maximum Gasteiger partial charge on any atom is 0.251 e. The third-order valence-electron chi connectivity index (χ3n) is 4.16. The first-order chi connectivity index (χ1) is 13.5. The van der Waals surface area contributed by atoms with Crippen LogP contribution in [0.4, 0.5) is 8.78 Å². The average molecular weight is 409 g/mol. The second kappa shape index (κ2) is 8.88. The highest BCUT2D eigenvalue weighted by molar-refractivity contribution is 6.32. The zero-order valence-corrected chi connectivity index (χ0v) is 15.9. The SMILES string of the molecule is COc1ccc(CNC(=O)c2cc(F)c(F)c(CNC3=NCCN3)c2)cc1Cl. The molecule has 0 aliphatic carbocycles. The van der Waals surface area contributed by atoms with Gasteiger partial charge in [0.2, 0.25) is 0 Å². The number of ether oxygens (including phenoxy) is 1. The fourth-order valence-electron chi connectivity index (χ4n) is 2.71. The van der Waals surface area contributed by atoms with E-state index in [0.717, 1.165) is 11.6 Å². The first kappa shape index (κ1) is 19.9. The van der Waals surface area contributed by atoms with E-state index in [0.29, 0.717) is 29.8 Å². The first-order valence-electron chi connectivity index (χ1n) is 8.58. The van der Waals surface area contributed by atoms with E-state index in [9.17, 15) is 13.6 Å². The van der Waals surface area contributed by atoms with Crippen LogP contribution in [0, 0.1) is 11.6 Å². The lowest BCUT2D eigenvalue weighted by Gasteiger charge is -2.11. The van der Waals surface area contributed by atoms with Crippen LogP contribution < -0.4 is 20.7 Å². The van der Waals surface area contributed by atoms with E-state index in [1.54, 1.807) is 18.2 Å². The minimum Gasteiger partial charge on any atom is -0.495 e. The van der Waals surface area contributed by atoms with Gasteiger partial charge in [-0.15, -0.1) is 0 Å². The topological polar surface area (TPSA) is 74.8 Å². The maximum absolute atomic E-state index is 14.1. The summed E-state index contributed by atoms with van der Waals surface area (Å²) in [5.41, 5.74) is 0.805. The van der Waals surface area contributed by atoms with Crippen molar-refractivity contribution in [3.05, 3.63) is 63.7 Å². The van der Waals surface area contributed by atoms with Gasteiger partial charge in [-0.3, -0.25) is 9.79 Å². The van der Waals surface area contributed by atoms with Crippen LogP contribution in [0.15, 0.2) is 35.3 Å². The van der Waals surface area contributed by atoms with Gasteiger partial charge < -0.3 is 20.7 Å².